The predicted octanol–water partition coefficient (Wildman–Crippen LogP) is 3.94. The molecule has 0 saturated heterocycles. The molecule has 0 atom stereocenters. The summed E-state index contributed by atoms with van der Waals surface area (Å²) >= 11 is 6.76. The normalized spacial score (nSPS) is 10.4. The minimum atomic E-state index is 0.950. The van der Waals surface area contributed by atoms with Crippen LogP contribution in [-0.2, 0) is 0 Å². The Kier molecular flexibility index (Phi) is 1.95. The summed E-state index contributed by atoms with van der Waals surface area (Å²) in [7, 11) is 0. The Morgan fingerprint density at radius 3 is 2.83 bits per heavy atom. The van der Waals surface area contributed by atoms with E-state index in [1.165, 1.54) is 15.6 Å². The molecule has 2 heteroatoms. The highest BCUT2D eigenvalue weighted by Gasteiger charge is 1.92. The van der Waals surface area contributed by atoms with Crippen molar-refractivity contribution >= 4 is 33.6 Å². The molecule has 1 aromatic heterocycles. The van der Waals surface area contributed by atoms with Gasteiger partial charge in [0.25, 0.3) is 0 Å². The summed E-state index contributed by atoms with van der Waals surface area (Å²) in [5.74, 6) is 0. The lowest BCUT2D eigenvalue weighted by Gasteiger charge is -1.96. The van der Waals surface area contributed by atoms with E-state index in [9.17, 15) is 0 Å². The van der Waals surface area contributed by atoms with E-state index in [-0.39, 0.29) is 0 Å². The average molecular weight is 192 g/mol. The van der Waals surface area contributed by atoms with E-state index < -0.39 is 0 Å². The van der Waals surface area contributed by atoms with Crippen LogP contribution in [-0.4, -0.2) is 0 Å². The largest absolute Gasteiger partial charge is 0.124 e. The van der Waals surface area contributed by atoms with Crippen LogP contribution >= 0.6 is 23.6 Å². The molecule has 2 rings (SSSR count). The fraction of sp³-hybridized carbons (Fsp3) is 0.100. The average Bonchev–Trinajstić information content (AvgIpc) is 2.05. The van der Waals surface area contributed by atoms with Crippen molar-refractivity contribution in [3.8, 4) is 0 Å². The van der Waals surface area contributed by atoms with Crippen LogP contribution in [0.2, 0.25) is 0 Å². The second kappa shape index (κ2) is 2.96. The maximum atomic E-state index is 5.09. The summed E-state index contributed by atoms with van der Waals surface area (Å²) in [4.78, 5) is 0. The highest BCUT2D eigenvalue weighted by Crippen LogP contribution is 2.20. The molecule has 0 aliphatic rings. The van der Waals surface area contributed by atoms with E-state index in [2.05, 4.69) is 31.2 Å². The lowest BCUT2D eigenvalue weighted by Crippen LogP contribution is -1.71. The van der Waals surface area contributed by atoms with Gasteiger partial charge in [0.2, 0.25) is 0 Å². The molecule has 0 N–H and O–H groups in total. The van der Waals surface area contributed by atoms with E-state index in [1.807, 2.05) is 6.07 Å². The number of rotatable bonds is 0. The first kappa shape index (κ1) is 7.90. The maximum Gasteiger partial charge on any atom is 0.0905 e. The van der Waals surface area contributed by atoms with Crippen LogP contribution in [0.3, 0.4) is 0 Å². The Bertz CT molecular complexity index is 468. The van der Waals surface area contributed by atoms with Crippen LogP contribution in [0.5, 0.6) is 0 Å². The van der Waals surface area contributed by atoms with Crippen LogP contribution in [0.1, 0.15) is 5.56 Å². The SMILES string of the molecule is Cc1ccc2sc(=S)ccc2c1. The zero-order valence-corrected chi connectivity index (χ0v) is 8.34. The first-order valence-corrected chi connectivity index (χ1v) is 4.99. The fourth-order valence-electron chi connectivity index (χ4n) is 1.19. The number of hydrogen-bond donors (Lipinski definition) is 0. The van der Waals surface area contributed by atoms with Crippen molar-refractivity contribution in [3.63, 3.8) is 0 Å². The Hall–Kier alpha value is -0.730. The van der Waals surface area contributed by atoms with E-state index in [4.69, 9.17) is 12.2 Å². The molecule has 60 valence electrons. The molecule has 12 heavy (non-hydrogen) atoms. The number of fused-ring (bicyclic) bond motifs is 1. The van der Waals surface area contributed by atoms with E-state index in [0.29, 0.717) is 0 Å². The van der Waals surface area contributed by atoms with Gasteiger partial charge in [0.05, 0.1) is 3.82 Å². The highest BCUT2D eigenvalue weighted by molar-refractivity contribution is 7.73. The Morgan fingerprint density at radius 2 is 2.00 bits per heavy atom. The smallest absolute Gasteiger partial charge is 0.0905 e. The summed E-state index contributed by atoms with van der Waals surface area (Å²) in [6, 6.07) is 10.5. The Balaban J connectivity index is 2.87. The van der Waals surface area contributed by atoms with Gasteiger partial charge in [0.1, 0.15) is 0 Å². The van der Waals surface area contributed by atoms with Crippen LogP contribution in [0, 0.1) is 10.7 Å². The molecule has 0 spiro atoms. The lowest BCUT2D eigenvalue weighted by molar-refractivity contribution is 1.51. The van der Waals surface area contributed by atoms with Crippen molar-refractivity contribution in [1.29, 1.82) is 0 Å². The van der Waals surface area contributed by atoms with Crippen LogP contribution in [0.15, 0.2) is 30.3 Å². The van der Waals surface area contributed by atoms with Gasteiger partial charge in [-0.05, 0) is 24.4 Å². The third-order valence-corrected chi connectivity index (χ3v) is 3.09. The summed E-state index contributed by atoms with van der Waals surface area (Å²) in [6.07, 6.45) is 0. The molecule has 0 bridgehead atoms. The molecule has 0 aliphatic heterocycles. The van der Waals surface area contributed by atoms with Gasteiger partial charge in [-0.3, -0.25) is 0 Å². The first-order chi connectivity index (χ1) is 5.75. The summed E-state index contributed by atoms with van der Waals surface area (Å²) in [5.41, 5.74) is 1.30. The number of hydrogen-bond acceptors (Lipinski definition) is 2. The monoisotopic (exact) mass is 192 g/mol. The zero-order valence-electron chi connectivity index (χ0n) is 6.70. The maximum absolute atomic E-state index is 5.09. The molecule has 1 aromatic carbocycles. The Labute approximate surface area is 80.5 Å². The molecule has 0 amide bonds. The van der Waals surface area contributed by atoms with Crippen molar-refractivity contribution in [3.05, 3.63) is 39.7 Å². The van der Waals surface area contributed by atoms with Crippen molar-refractivity contribution < 1.29 is 0 Å². The van der Waals surface area contributed by atoms with Crippen molar-refractivity contribution in [1.82, 2.24) is 0 Å². The summed E-state index contributed by atoms with van der Waals surface area (Å²) in [6.45, 7) is 2.10. The fourth-order valence-corrected chi connectivity index (χ4v) is 2.26. The Morgan fingerprint density at radius 1 is 1.17 bits per heavy atom. The molecular weight excluding hydrogens is 184 g/mol. The quantitative estimate of drug-likeness (QED) is 0.570. The highest BCUT2D eigenvalue weighted by atomic mass is 32.1. The minimum absolute atomic E-state index is 0.950. The molecule has 0 nitrogen and oxygen atoms in total. The summed E-state index contributed by atoms with van der Waals surface area (Å²) in [5, 5.41) is 1.29. The molecule has 2 aromatic rings. The van der Waals surface area contributed by atoms with Gasteiger partial charge in [-0.15, -0.1) is 11.3 Å². The molecular formula is C10H8S2. The van der Waals surface area contributed by atoms with Crippen LogP contribution < -0.4 is 0 Å². The van der Waals surface area contributed by atoms with E-state index in [1.54, 1.807) is 11.3 Å². The number of aryl methyl sites for hydroxylation is 1. The molecule has 0 aliphatic carbocycles. The standard InChI is InChI=1S/C10H8S2/c1-7-2-4-9-8(6-7)3-5-10(11)12-9/h2-6H,1H3. The van der Waals surface area contributed by atoms with Gasteiger partial charge in [-0.1, -0.05) is 36.0 Å². The van der Waals surface area contributed by atoms with Gasteiger partial charge in [-0.25, -0.2) is 0 Å². The molecule has 0 radical (unpaired) electrons. The molecule has 0 fully saturated rings. The van der Waals surface area contributed by atoms with Gasteiger partial charge in [-0.2, -0.15) is 0 Å². The van der Waals surface area contributed by atoms with Gasteiger partial charge >= 0.3 is 0 Å². The number of benzene rings is 1. The summed E-state index contributed by atoms with van der Waals surface area (Å²) < 4.78 is 2.22. The lowest BCUT2D eigenvalue weighted by atomic mass is 10.2. The van der Waals surface area contributed by atoms with E-state index in [0.717, 1.165) is 3.82 Å². The second-order valence-electron chi connectivity index (χ2n) is 2.80. The van der Waals surface area contributed by atoms with Gasteiger partial charge < -0.3 is 0 Å². The van der Waals surface area contributed by atoms with Gasteiger partial charge in [0, 0.05) is 4.70 Å². The molecule has 1 heterocycles. The van der Waals surface area contributed by atoms with Crippen LogP contribution in [0.4, 0.5) is 0 Å². The minimum Gasteiger partial charge on any atom is -0.124 e. The third-order valence-electron chi connectivity index (χ3n) is 1.77. The predicted molar refractivity (Wildman–Crippen MR) is 57.4 cm³/mol. The second-order valence-corrected chi connectivity index (χ2v) is 4.58. The zero-order chi connectivity index (χ0) is 8.55. The molecule has 0 saturated carbocycles. The first-order valence-electron chi connectivity index (χ1n) is 3.76. The topological polar surface area (TPSA) is 0 Å². The van der Waals surface area contributed by atoms with E-state index >= 15 is 0 Å². The van der Waals surface area contributed by atoms with Crippen LogP contribution in [0.25, 0.3) is 10.1 Å². The van der Waals surface area contributed by atoms with Crippen molar-refractivity contribution in [2.45, 2.75) is 6.92 Å². The third kappa shape index (κ3) is 1.40. The molecule has 0 unspecified atom stereocenters. The van der Waals surface area contributed by atoms with Crippen molar-refractivity contribution in [2.75, 3.05) is 0 Å². The van der Waals surface area contributed by atoms with Gasteiger partial charge in [0.15, 0.2) is 0 Å². The van der Waals surface area contributed by atoms with Crippen molar-refractivity contribution in [2.24, 2.45) is 0 Å².